The van der Waals surface area contributed by atoms with Crippen LogP contribution in [0, 0.1) is 0 Å². The topological polar surface area (TPSA) is 136 Å². The summed E-state index contributed by atoms with van der Waals surface area (Å²) < 4.78 is 34.1. The maximum Gasteiger partial charge on any atom is 0.404 e. The summed E-state index contributed by atoms with van der Waals surface area (Å²) in [6, 6.07) is 40.4. The van der Waals surface area contributed by atoms with Crippen molar-refractivity contribution in [2.75, 3.05) is 6.61 Å². The maximum absolute atomic E-state index is 11.0. The monoisotopic (exact) mass is 882 g/mol. The number of aliphatic hydroxyl groups excluding tert-OH is 2. The molecule has 64 heavy (non-hydrogen) atoms. The van der Waals surface area contributed by atoms with Gasteiger partial charge in [0.1, 0.15) is 30.5 Å². The van der Waals surface area contributed by atoms with Crippen molar-refractivity contribution in [1.82, 2.24) is 5.32 Å². The Morgan fingerprint density at radius 2 is 0.938 bits per heavy atom. The lowest BCUT2D eigenvalue weighted by molar-refractivity contribution is -0.273. The number of carboxylic acid groups (broad SMARTS) is 1. The summed E-state index contributed by atoms with van der Waals surface area (Å²) in [7, 11) is 0. The summed E-state index contributed by atoms with van der Waals surface area (Å²) in [5, 5.41) is 31.9. The quantitative estimate of drug-likeness (QED) is 0.0353. The maximum atomic E-state index is 11.0. The average molecular weight is 882 g/mol. The Hall–Kier alpha value is -4.13. The first-order valence-corrected chi connectivity index (χ1v) is 24.0. The van der Waals surface area contributed by atoms with Crippen molar-refractivity contribution in [3.05, 3.63) is 144 Å². The SMILES string of the molecule is CC[C@H](NC(=O)O)[C@H](O)[C@H](O)CCCCCCCCCCCCCC[C@H]1O[C@H](COCc2ccccc2)[C@H](OCc2ccccc2)[C@H](OCc2ccccc2)[C@H]1OCc1ccccc1. The normalized spacial score (nSPS) is 20.1. The molecule has 1 amide bonds. The van der Waals surface area contributed by atoms with Gasteiger partial charge < -0.3 is 44.3 Å². The summed E-state index contributed by atoms with van der Waals surface area (Å²) in [5.41, 5.74) is 4.39. The van der Waals surface area contributed by atoms with E-state index >= 15 is 0 Å². The van der Waals surface area contributed by atoms with Crippen LogP contribution in [-0.2, 0) is 50.1 Å². The molecule has 5 rings (SSSR count). The molecular formula is C54H75NO9. The Morgan fingerprint density at radius 3 is 1.38 bits per heavy atom. The smallest absolute Gasteiger partial charge is 0.404 e. The summed E-state index contributed by atoms with van der Waals surface area (Å²) >= 11 is 0. The Morgan fingerprint density at radius 1 is 0.547 bits per heavy atom. The first-order valence-electron chi connectivity index (χ1n) is 24.0. The Labute approximate surface area is 382 Å². The molecule has 0 aromatic heterocycles. The molecule has 1 aliphatic rings. The molecule has 0 saturated carbocycles. The third kappa shape index (κ3) is 18.8. The van der Waals surface area contributed by atoms with E-state index in [4.69, 9.17) is 28.8 Å². The van der Waals surface area contributed by atoms with Gasteiger partial charge in [-0.05, 0) is 41.5 Å². The molecule has 1 fully saturated rings. The van der Waals surface area contributed by atoms with Gasteiger partial charge in [-0.25, -0.2) is 4.79 Å². The van der Waals surface area contributed by atoms with Gasteiger partial charge in [0.2, 0.25) is 0 Å². The summed E-state index contributed by atoms with van der Waals surface area (Å²) in [6.07, 6.45) is 10.3. The first kappa shape index (κ1) is 50.9. The summed E-state index contributed by atoms with van der Waals surface area (Å²) in [6.45, 7) is 3.92. The van der Waals surface area contributed by atoms with Gasteiger partial charge in [-0.1, -0.05) is 205 Å². The minimum Gasteiger partial charge on any atom is -0.465 e. The van der Waals surface area contributed by atoms with E-state index in [1.165, 1.54) is 38.5 Å². The van der Waals surface area contributed by atoms with Crippen molar-refractivity contribution in [2.24, 2.45) is 0 Å². The van der Waals surface area contributed by atoms with Crippen molar-refractivity contribution in [3.8, 4) is 0 Å². The van der Waals surface area contributed by atoms with E-state index in [0.717, 1.165) is 67.2 Å². The van der Waals surface area contributed by atoms with Crippen LogP contribution in [0.25, 0.3) is 0 Å². The molecule has 0 unspecified atom stereocenters. The lowest BCUT2D eigenvalue weighted by atomic mass is 9.91. The molecule has 0 spiro atoms. The van der Waals surface area contributed by atoms with E-state index in [9.17, 15) is 15.0 Å². The standard InChI is InChI=1S/C54H75NO9/c1-2-46(55-54(58)59)50(57)47(56)35-25-11-9-7-5-3-4-6-8-10-12-26-36-48-51(61-38-43-29-19-14-20-30-43)53(63-40-45-33-23-16-24-34-45)52(62-39-44-31-21-15-22-32-44)49(64-48)41-60-37-42-27-17-13-18-28-42/h13-24,27-34,46-53,55-57H,2-12,25-26,35-41H2,1H3,(H,58,59)/t46-,47+,48+,49+,50-,51-,52-,53+/m0/s1. The number of nitrogens with one attached hydrogen (secondary N) is 1. The number of hydrogen-bond acceptors (Lipinski definition) is 8. The average Bonchev–Trinajstić information content (AvgIpc) is 3.32. The first-order chi connectivity index (χ1) is 31.4. The summed E-state index contributed by atoms with van der Waals surface area (Å²) in [5.74, 6) is 0. The van der Waals surface area contributed by atoms with Crippen LogP contribution in [0.3, 0.4) is 0 Å². The number of aliphatic hydroxyl groups is 2. The molecule has 4 N–H and O–H groups in total. The van der Waals surface area contributed by atoms with Crippen molar-refractivity contribution in [3.63, 3.8) is 0 Å². The number of rotatable bonds is 32. The van der Waals surface area contributed by atoms with Crippen molar-refractivity contribution >= 4 is 6.09 Å². The van der Waals surface area contributed by atoms with Crippen LogP contribution in [0.4, 0.5) is 4.79 Å². The number of benzene rings is 4. The zero-order chi connectivity index (χ0) is 45.0. The predicted octanol–water partition coefficient (Wildman–Crippen LogP) is 11.0. The van der Waals surface area contributed by atoms with Gasteiger partial charge in [0.05, 0.1) is 51.3 Å². The van der Waals surface area contributed by atoms with Crippen LogP contribution in [0.1, 0.15) is 125 Å². The molecule has 1 heterocycles. The van der Waals surface area contributed by atoms with Crippen LogP contribution in [0.2, 0.25) is 0 Å². The molecule has 10 heteroatoms. The number of amides is 1. The van der Waals surface area contributed by atoms with Gasteiger partial charge in [-0.15, -0.1) is 0 Å². The second-order valence-electron chi connectivity index (χ2n) is 17.3. The van der Waals surface area contributed by atoms with E-state index in [1.54, 1.807) is 6.92 Å². The zero-order valence-corrected chi connectivity index (χ0v) is 38.1. The molecule has 10 nitrogen and oxygen atoms in total. The van der Waals surface area contributed by atoms with Crippen LogP contribution >= 0.6 is 0 Å². The number of unbranched alkanes of at least 4 members (excludes halogenated alkanes) is 11. The molecule has 4 aromatic rings. The van der Waals surface area contributed by atoms with Gasteiger partial charge in [0.25, 0.3) is 0 Å². The Kier molecular flexibility index (Phi) is 24.0. The Bertz CT molecular complexity index is 1770. The van der Waals surface area contributed by atoms with Crippen LogP contribution in [-0.4, -0.2) is 76.8 Å². The largest absolute Gasteiger partial charge is 0.465 e. The molecule has 1 aliphatic heterocycles. The number of hydrogen-bond donors (Lipinski definition) is 4. The fourth-order valence-corrected chi connectivity index (χ4v) is 8.61. The molecule has 0 radical (unpaired) electrons. The lowest BCUT2D eigenvalue weighted by Crippen LogP contribution is -2.61. The highest BCUT2D eigenvalue weighted by Gasteiger charge is 2.48. The Balaban J connectivity index is 1.13. The van der Waals surface area contributed by atoms with Gasteiger partial charge in [-0.2, -0.15) is 0 Å². The van der Waals surface area contributed by atoms with E-state index in [-0.39, 0.29) is 18.3 Å². The highest BCUT2D eigenvalue weighted by Crippen LogP contribution is 2.33. The number of carbonyl (C=O) groups is 1. The van der Waals surface area contributed by atoms with Crippen LogP contribution < -0.4 is 5.32 Å². The molecule has 0 bridgehead atoms. The molecule has 350 valence electrons. The molecular weight excluding hydrogens is 807 g/mol. The predicted molar refractivity (Wildman–Crippen MR) is 252 cm³/mol. The number of ether oxygens (including phenoxy) is 5. The van der Waals surface area contributed by atoms with E-state index in [1.807, 2.05) is 72.8 Å². The van der Waals surface area contributed by atoms with Crippen molar-refractivity contribution in [1.29, 1.82) is 0 Å². The minimum atomic E-state index is -1.18. The fourth-order valence-electron chi connectivity index (χ4n) is 8.61. The van der Waals surface area contributed by atoms with E-state index in [0.29, 0.717) is 45.9 Å². The fraction of sp³-hybridized carbons (Fsp3) is 0.537. The minimum absolute atomic E-state index is 0.207. The molecule has 4 aromatic carbocycles. The third-order valence-corrected chi connectivity index (χ3v) is 12.3. The molecule has 8 atom stereocenters. The van der Waals surface area contributed by atoms with E-state index in [2.05, 4.69) is 53.8 Å². The van der Waals surface area contributed by atoms with Gasteiger partial charge >= 0.3 is 6.09 Å². The van der Waals surface area contributed by atoms with Gasteiger partial charge in [0, 0.05) is 0 Å². The lowest BCUT2D eigenvalue weighted by Gasteiger charge is -2.46. The van der Waals surface area contributed by atoms with Crippen LogP contribution in [0.15, 0.2) is 121 Å². The highest BCUT2D eigenvalue weighted by atomic mass is 16.6. The van der Waals surface area contributed by atoms with Gasteiger partial charge in [0.15, 0.2) is 0 Å². The summed E-state index contributed by atoms with van der Waals surface area (Å²) in [4.78, 5) is 11.0. The second kappa shape index (κ2) is 30.1. The zero-order valence-electron chi connectivity index (χ0n) is 38.1. The third-order valence-electron chi connectivity index (χ3n) is 12.3. The van der Waals surface area contributed by atoms with E-state index < -0.39 is 36.6 Å². The van der Waals surface area contributed by atoms with Gasteiger partial charge in [-0.3, -0.25) is 0 Å². The molecule has 1 saturated heterocycles. The van der Waals surface area contributed by atoms with Crippen LogP contribution in [0.5, 0.6) is 0 Å². The highest BCUT2D eigenvalue weighted by molar-refractivity contribution is 5.64. The second-order valence-corrected chi connectivity index (χ2v) is 17.3. The van der Waals surface area contributed by atoms with Crippen molar-refractivity contribution in [2.45, 2.75) is 178 Å². The van der Waals surface area contributed by atoms with Crippen molar-refractivity contribution < 1.29 is 43.8 Å². The molecule has 0 aliphatic carbocycles.